The van der Waals surface area contributed by atoms with Crippen molar-refractivity contribution in [1.29, 1.82) is 0 Å². The standard InChI is InChI=1S/C11H13NOS/c1-8-10(7-14-11(8)6-13)9-2-4-12-5-3-9/h2,6-7,12H,3-5H2,1H3. The van der Waals surface area contributed by atoms with Crippen LogP contribution in [0.1, 0.15) is 27.2 Å². The van der Waals surface area contributed by atoms with Gasteiger partial charge in [0.1, 0.15) is 0 Å². The van der Waals surface area contributed by atoms with E-state index in [0.29, 0.717) is 0 Å². The number of hydrogen-bond acceptors (Lipinski definition) is 3. The molecule has 0 amide bonds. The number of hydrogen-bond donors (Lipinski definition) is 1. The Morgan fingerprint density at radius 2 is 2.43 bits per heavy atom. The first-order valence-corrected chi connectivity index (χ1v) is 5.64. The molecular formula is C11H13NOS. The first-order valence-electron chi connectivity index (χ1n) is 4.76. The van der Waals surface area contributed by atoms with Gasteiger partial charge in [0, 0.05) is 6.54 Å². The second-order valence-corrected chi connectivity index (χ2v) is 4.35. The molecule has 0 saturated carbocycles. The molecular weight excluding hydrogens is 194 g/mol. The molecule has 0 bridgehead atoms. The first kappa shape index (κ1) is 9.62. The number of thiophene rings is 1. The van der Waals surface area contributed by atoms with Crippen LogP contribution in [0.4, 0.5) is 0 Å². The Bertz CT molecular complexity index is 379. The first-order chi connectivity index (χ1) is 6.83. The molecule has 0 aliphatic carbocycles. The SMILES string of the molecule is Cc1c(C2=CCNCC2)csc1C=O. The lowest BCUT2D eigenvalue weighted by Gasteiger charge is -2.13. The summed E-state index contributed by atoms with van der Waals surface area (Å²) in [5.74, 6) is 0. The van der Waals surface area contributed by atoms with Crippen LogP contribution in [-0.4, -0.2) is 19.4 Å². The lowest BCUT2D eigenvalue weighted by atomic mass is 9.99. The molecule has 1 N–H and O–H groups in total. The van der Waals surface area contributed by atoms with Crippen LogP contribution < -0.4 is 5.32 Å². The molecule has 1 aliphatic heterocycles. The summed E-state index contributed by atoms with van der Waals surface area (Å²) >= 11 is 1.54. The largest absolute Gasteiger partial charge is 0.313 e. The van der Waals surface area contributed by atoms with Crippen LogP contribution in [0.2, 0.25) is 0 Å². The van der Waals surface area contributed by atoms with Crippen molar-refractivity contribution in [2.75, 3.05) is 13.1 Å². The number of rotatable bonds is 2. The van der Waals surface area contributed by atoms with E-state index >= 15 is 0 Å². The Kier molecular flexibility index (Phi) is 2.79. The topological polar surface area (TPSA) is 29.1 Å². The van der Waals surface area contributed by atoms with Gasteiger partial charge in [-0.25, -0.2) is 0 Å². The fourth-order valence-electron chi connectivity index (χ4n) is 1.73. The van der Waals surface area contributed by atoms with Crippen LogP contribution >= 0.6 is 11.3 Å². The third kappa shape index (κ3) is 1.65. The average molecular weight is 207 g/mol. The van der Waals surface area contributed by atoms with Gasteiger partial charge < -0.3 is 5.32 Å². The molecule has 0 aromatic carbocycles. The van der Waals surface area contributed by atoms with Gasteiger partial charge in [0.05, 0.1) is 4.88 Å². The highest BCUT2D eigenvalue weighted by atomic mass is 32.1. The van der Waals surface area contributed by atoms with E-state index in [1.807, 2.05) is 6.92 Å². The Balaban J connectivity index is 2.35. The smallest absolute Gasteiger partial charge is 0.160 e. The average Bonchev–Trinajstić information content (AvgIpc) is 2.61. The molecule has 0 saturated heterocycles. The van der Waals surface area contributed by atoms with Crippen molar-refractivity contribution < 1.29 is 4.79 Å². The van der Waals surface area contributed by atoms with Crippen molar-refractivity contribution in [3.05, 3.63) is 27.5 Å². The number of nitrogens with one attached hydrogen (secondary N) is 1. The molecule has 0 radical (unpaired) electrons. The van der Waals surface area contributed by atoms with Crippen molar-refractivity contribution in [2.45, 2.75) is 13.3 Å². The van der Waals surface area contributed by atoms with E-state index in [9.17, 15) is 4.79 Å². The number of carbonyl (C=O) groups is 1. The lowest BCUT2D eigenvalue weighted by molar-refractivity contribution is 0.112. The molecule has 2 rings (SSSR count). The van der Waals surface area contributed by atoms with Crippen LogP contribution in [-0.2, 0) is 0 Å². The van der Waals surface area contributed by atoms with Gasteiger partial charge in [-0.05, 0) is 42.0 Å². The third-order valence-corrected chi connectivity index (χ3v) is 3.60. The van der Waals surface area contributed by atoms with E-state index in [-0.39, 0.29) is 0 Å². The monoisotopic (exact) mass is 207 g/mol. The summed E-state index contributed by atoms with van der Waals surface area (Å²) in [5, 5.41) is 5.38. The van der Waals surface area contributed by atoms with Crippen molar-refractivity contribution in [1.82, 2.24) is 5.32 Å². The predicted octanol–water partition coefficient (Wildman–Crippen LogP) is 2.25. The van der Waals surface area contributed by atoms with Crippen molar-refractivity contribution in [3.63, 3.8) is 0 Å². The van der Waals surface area contributed by atoms with Crippen LogP contribution in [0.5, 0.6) is 0 Å². The zero-order valence-electron chi connectivity index (χ0n) is 8.17. The molecule has 3 heteroatoms. The quantitative estimate of drug-likeness (QED) is 0.754. The summed E-state index contributed by atoms with van der Waals surface area (Å²) in [6, 6.07) is 0. The van der Waals surface area contributed by atoms with Gasteiger partial charge in [-0.1, -0.05) is 6.08 Å². The summed E-state index contributed by atoms with van der Waals surface area (Å²) in [6.45, 7) is 4.01. The Morgan fingerprint density at radius 3 is 3.00 bits per heavy atom. The van der Waals surface area contributed by atoms with E-state index in [0.717, 1.165) is 36.2 Å². The minimum Gasteiger partial charge on any atom is -0.313 e. The van der Waals surface area contributed by atoms with Gasteiger partial charge in [-0.3, -0.25) is 4.79 Å². The molecule has 1 aromatic rings. The molecule has 0 atom stereocenters. The molecule has 0 unspecified atom stereocenters. The molecule has 14 heavy (non-hydrogen) atoms. The van der Waals surface area contributed by atoms with Gasteiger partial charge in [0.25, 0.3) is 0 Å². The fourth-order valence-corrected chi connectivity index (χ4v) is 2.65. The van der Waals surface area contributed by atoms with E-state index in [4.69, 9.17) is 0 Å². The van der Waals surface area contributed by atoms with Gasteiger partial charge in [-0.15, -0.1) is 11.3 Å². The lowest BCUT2D eigenvalue weighted by Crippen LogP contribution is -2.20. The zero-order valence-corrected chi connectivity index (χ0v) is 8.99. The van der Waals surface area contributed by atoms with Gasteiger partial charge in [0.2, 0.25) is 0 Å². The van der Waals surface area contributed by atoms with Gasteiger partial charge >= 0.3 is 0 Å². The Labute approximate surface area is 87.6 Å². The molecule has 0 spiro atoms. The highest BCUT2D eigenvalue weighted by molar-refractivity contribution is 7.12. The van der Waals surface area contributed by atoms with Crippen molar-refractivity contribution >= 4 is 23.2 Å². The molecule has 1 aliphatic rings. The maximum Gasteiger partial charge on any atom is 0.160 e. The Hall–Kier alpha value is -0.930. The van der Waals surface area contributed by atoms with Gasteiger partial charge in [-0.2, -0.15) is 0 Å². The maximum atomic E-state index is 10.7. The zero-order chi connectivity index (χ0) is 9.97. The van der Waals surface area contributed by atoms with Gasteiger partial charge in [0.15, 0.2) is 6.29 Å². The second kappa shape index (κ2) is 4.07. The van der Waals surface area contributed by atoms with Crippen LogP contribution in [0.25, 0.3) is 5.57 Å². The van der Waals surface area contributed by atoms with E-state index in [1.165, 1.54) is 11.1 Å². The van der Waals surface area contributed by atoms with E-state index in [1.54, 1.807) is 11.3 Å². The Morgan fingerprint density at radius 1 is 1.57 bits per heavy atom. The van der Waals surface area contributed by atoms with Crippen LogP contribution in [0.15, 0.2) is 11.5 Å². The van der Waals surface area contributed by atoms with Crippen LogP contribution in [0.3, 0.4) is 0 Å². The van der Waals surface area contributed by atoms with E-state index < -0.39 is 0 Å². The normalized spacial score (nSPS) is 16.5. The minimum atomic E-state index is 0.861. The number of carbonyl (C=O) groups excluding carboxylic acids is 1. The summed E-state index contributed by atoms with van der Waals surface area (Å²) in [6.07, 6.45) is 4.23. The number of aldehydes is 1. The summed E-state index contributed by atoms with van der Waals surface area (Å²) in [7, 11) is 0. The highest BCUT2D eigenvalue weighted by Crippen LogP contribution is 2.29. The molecule has 2 nitrogen and oxygen atoms in total. The van der Waals surface area contributed by atoms with Crippen molar-refractivity contribution in [2.24, 2.45) is 0 Å². The second-order valence-electron chi connectivity index (χ2n) is 3.44. The van der Waals surface area contributed by atoms with Crippen LogP contribution in [0, 0.1) is 6.92 Å². The molecule has 1 aromatic heterocycles. The fraction of sp³-hybridized carbons (Fsp3) is 0.364. The summed E-state index contributed by atoms with van der Waals surface area (Å²) in [5.41, 5.74) is 3.78. The van der Waals surface area contributed by atoms with E-state index in [2.05, 4.69) is 16.8 Å². The summed E-state index contributed by atoms with van der Waals surface area (Å²) < 4.78 is 0. The molecule has 74 valence electrons. The third-order valence-electron chi connectivity index (χ3n) is 2.59. The maximum absolute atomic E-state index is 10.7. The molecule has 2 heterocycles. The summed E-state index contributed by atoms with van der Waals surface area (Å²) in [4.78, 5) is 11.6. The highest BCUT2D eigenvalue weighted by Gasteiger charge is 2.12. The predicted molar refractivity (Wildman–Crippen MR) is 59.9 cm³/mol. The van der Waals surface area contributed by atoms with Crippen molar-refractivity contribution in [3.8, 4) is 0 Å². The molecule has 0 fully saturated rings. The minimum absolute atomic E-state index is 0.861.